The van der Waals surface area contributed by atoms with Crippen LogP contribution in [0.5, 0.6) is 0 Å². The zero-order valence-corrected chi connectivity index (χ0v) is 15.6. The van der Waals surface area contributed by atoms with Gasteiger partial charge in [-0.25, -0.2) is 4.68 Å². The molecule has 5 rings (SSSR count). The third kappa shape index (κ3) is 3.34. The van der Waals surface area contributed by atoms with Crippen LogP contribution < -0.4 is 0 Å². The third-order valence-electron chi connectivity index (χ3n) is 5.26. The summed E-state index contributed by atoms with van der Waals surface area (Å²) < 4.78 is 4.15. The fraction of sp³-hybridized carbons (Fsp3) is 0.227. The number of aromatic nitrogens is 5. The Hall–Kier alpha value is -3.25. The summed E-state index contributed by atoms with van der Waals surface area (Å²) in [4.78, 5) is 2.48. The molecule has 0 bridgehead atoms. The van der Waals surface area contributed by atoms with Gasteiger partial charge in [-0.2, -0.15) is 5.10 Å². The Balaban J connectivity index is 1.46. The van der Waals surface area contributed by atoms with Gasteiger partial charge in [-0.05, 0) is 12.1 Å². The highest BCUT2D eigenvalue weighted by Crippen LogP contribution is 2.25. The number of rotatable bonds is 4. The molecule has 0 spiro atoms. The van der Waals surface area contributed by atoms with Crippen LogP contribution >= 0.6 is 0 Å². The van der Waals surface area contributed by atoms with Gasteiger partial charge in [0, 0.05) is 49.9 Å². The number of hydrogen-bond acceptors (Lipinski definition) is 4. The standard InChI is InChI=1S/C22H22N6/c1-3-7-18(8-4-1)22-19(16-28(25-22)20-9-5-2-6-10-20)15-26-12-11-21-24-23-17-27(21)14-13-26/h1-10,16-17H,11-15H2. The third-order valence-corrected chi connectivity index (χ3v) is 5.26. The molecule has 0 N–H and O–H groups in total. The van der Waals surface area contributed by atoms with Crippen molar-refractivity contribution in [2.75, 3.05) is 13.1 Å². The first-order valence-corrected chi connectivity index (χ1v) is 9.65. The maximum Gasteiger partial charge on any atom is 0.134 e. The van der Waals surface area contributed by atoms with Crippen molar-refractivity contribution in [2.45, 2.75) is 19.5 Å². The molecule has 0 aliphatic carbocycles. The molecule has 0 fully saturated rings. The molecule has 0 saturated heterocycles. The van der Waals surface area contributed by atoms with Crippen LogP contribution in [0.4, 0.5) is 0 Å². The number of benzene rings is 2. The fourth-order valence-electron chi connectivity index (χ4n) is 3.75. The molecule has 0 atom stereocenters. The minimum Gasteiger partial charge on any atom is -0.316 e. The van der Waals surface area contributed by atoms with E-state index in [2.05, 4.69) is 62.3 Å². The minimum atomic E-state index is 0.870. The quantitative estimate of drug-likeness (QED) is 0.554. The van der Waals surface area contributed by atoms with Crippen molar-refractivity contribution in [3.63, 3.8) is 0 Å². The van der Waals surface area contributed by atoms with Gasteiger partial charge in [0.15, 0.2) is 0 Å². The van der Waals surface area contributed by atoms with E-state index in [1.165, 1.54) is 5.56 Å². The molecule has 3 heterocycles. The fourth-order valence-corrected chi connectivity index (χ4v) is 3.75. The first kappa shape index (κ1) is 16.9. The molecule has 0 amide bonds. The summed E-state index contributed by atoms with van der Waals surface area (Å²) in [6, 6.07) is 20.7. The van der Waals surface area contributed by atoms with Gasteiger partial charge >= 0.3 is 0 Å². The molecule has 140 valence electrons. The lowest BCUT2D eigenvalue weighted by Gasteiger charge is -2.19. The molecule has 6 nitrogen and oxygen atoms in total. The molecule has 1 aliphatic rings. The molecule has 6 heteroatoms. The van der Waals surface area contributed by atoms with E-state index in [1.54, 1.807) is 0 Å². The van der Waals surface area contributed by atoms with Gasteiger partial charge in [-0.1, -0.05) is 48.5 Å². The molecular formula is C22H22N6. The molecule has 2 aromatic carbocycles. The van der Waals surface area contributed by atoms with Gasteiger partial charge in [-0.3, -0.25) is 4.90 Å². The minimum absolute atomic E-state index is 0.870. The molecule has 28 heavy (non-hydrogen) atoms. The normalized spacial score (nSPS) is 14.6. The highest BCUT2D eigenvalue weighted by atomic mass is 15.3. The summed E-state index contributed by atoms with van der Waals surface area (Å²) in [6.45, 7) is 3.75. The number of para-hydroxylation sites is 1. The lowest BCUT2D eigenvalue weighted by atomic mass is 10.1. The molecule has 0 radical (unpaired) electrons. The van der Waals surface area contributed by atoms with E-state index in [9.17, 15) is 0 Å². The predicted octanol–water partition coefficient (Wildman–Crippen LogP) is 3.19. The van der Waals surface area contributed by atoms with Crippen molar-refractivity contribution in [1.82, 2.24) is 29.4 Å². The van der Waals surface area contributed by atoms with Crippen molar-refractivity contribution in [2.24, 2.45) is 0 Å². The number of nitrogens with zero attached hydrogens (tertiary/aromatic N) is 6. The van der Waals surface area contributed by atoms with Gasteiger partial charge in [0.05, 0.1) is 11.4 Å². The molecule has 0 saturated carbocycles. The van der Waals surface area contributed by atoms with Crippen molar-refractivity contribution in [1.29, 1.82) is 0 Å². The Bertz CT molecular complexity index is 1030. The topological polar surface area (TPSA) is 51.8 Å². The Labute approximate surface area is 164 Å². The van der Waals surface area contributed by atoms with Crippen LogP contribution in [0.15, 0.2) is 73.2 Å². The largest absolute Gasteiger partial charge is 0.316 e. The SMILES string of the molecule is c1ccc(-c2nn(-c3ccccc3)cc2CN2CCc3nncn3CC2)cc1. The maximum atomic E-state index is 4.93. The summed E-state index contributed by atoms with van der Waals surface area (Å²) in [5, 5.41) is 13.2. The van der Waals surface area contributed by atoms with E-state index < -0.39 is 0 Å². The zero-order valence-electron chi connectivity index (χ0n) is 15.6. The predicted molar refractivity (Wildman–Crippen MR) is 108 cm³/mol. The van der Waals surface area contributed by atoms with Gasteiger partial charge in [0.2, 0.25) is 0 Å². The second-order valence-corrected chi connectivity index (χ2v) is 7.12. The first-order valence-electron chi connectivity index (χ1n) is 9.65. The van der Waals surface area contributed by atoms with Crippen LogP contribution in [0.25, 0.3) is 16.9 Å². The Kier molecular flexibility index (Phi) is 4.47. The lowest BCUT2D eigenvalue weighted by molar-refractivity contribution is 0.271. The van der Waals surface area contributed by atoms with Gasteiger partial charge < -0.3 is 4.57 Å². The van der Waals surface area contributed by atoms with Crippen LogP contribution in [-0.2, 0) is 19.5 Å². The smallest absolute Gasteiger partial charge is 0.134 e. The Morgan fingerprint density at radius 2 is 1.64 bits per heavy atom. The van der Waals surface area contributed by atoms with Crippen LogP contribution in [0.3, 0.4) is 0 Å². The second kappa shape index (κ2) is 7.40. The first-order chi connectivity index (χ1) is 13.9. The van der Waals surface area contributed by atoms with Crippen molar-refractivity contribution in [3.8, 4) is 16.9 Å². The Morgan fingerprint density at radius 3 is 2.46 bits per heavy atom. The van der Waals surface area contributed by atoms with E-state index in [4.69, 9.17) is 5.10 Å². The van der Waals surface area contributed by atoms with E-state index in [1.807, 2.05) is 35.3 Å². The van der Waals surface area contributed by atoms with Crippen molar-refractivity contribution < 1.29 is 0 Å². The molecule has 2 aromatic heterocycles. The average Bonchev–Trinajstić information content (AvgIpc) is 3.34. The van der Waals surface area contributed by atoms with Gasteiger partial charge in [-0.15, -0.1) is 10.2 Å². The van der Waals surface area contributed by atoms with Gasteiger partial charge in [0.1, 0.15) is 12.2 Å². The molecule has 4 aromatic rings. The summed E-state index contributed by atoms with van der Waals surface area (Å²) in [5.41, 5.74) is 4.52. The Morgan fingerprint density at radius 1 is 0.857 bits per heavy atom. The summed E-state index contributed by atoms with van der Waals surface area (Å²) in [5.74, 6) is 1.07. The summed E-state index contributed by atoms with van der Waals surface area (Å²) in [7, 11) is 0. The van der Waals surface area contributed by atoms with Crippen molar-refractivity contribution in [3.05, 3.63) is 84.6 Å². The van der Waals surface area contributed by atoms with Crippen LogP contribution in [-0.4, -0.2) is 42.5 Å². The van der Waals surface area contributed by atoms with E-state index in [0.29, 0.717) is 0 Å². The number of fused-ring (bicyclic) bond motifs is 1. The summed E-state index contributed by atoms with van der Waals surface area (Å²) in [6.07, 6.45) is 4.93. The summed E-state index contributed by atoms with van der Waals surface area (Å²) >= 11 is 0. The number of hydrogen-bond donors (Lipinski definition) is 0. The highest BCUT2D eigenvalue weighted by Gasteiger charge is 2.19. The van der Waals surface area contributed by atoms with Crippen LogP contribution in [0, 0.1) is 0 Å². The molecular weight excluding hydrogens is 348 g/mol. The maximum absolute atomic E-state index is 4.93. The lowest BCUT2D eigenvalue weighted by Crippen LogP contribution is -2.26. The van der Waals surface area contributed by atoms with Crippen LogP contribution in [0.2, 0.25) is 0 Å². The average molecular weight is 370 g/mol. The molecule has 0 unspecified atom stereocenters. The van der Waals surface area contributed by atoms with E-state index in [-0.39, 0.29) is 0 Å². The monoisotopic (exact) mass is 370 g/mol. The zero-order chi connectivity index (χ0) is 18.8. The van der Waals surface area contributed by atoms with E-state index >= 15 is 0 Å². The van der Waals surface area contributed by atoms with Crippen molar-refractivity contribution >= 4 is 0 Å². The molecule has 1 aliphatic heterocycles. The second-order valence-electron chi connectivity index (χ2n) is 7.12. The van der Waals surface area contributed by atoms with E-state index in [0.717, 1.165) is 55.4 Å². The van der Waals surface area contributed by atoms with Crippen LogP contribution in [0.1, 0.15) is 11.4 Å². The van der Waals surface area contributed by atoms with Gasteiger partial charge in [0.25, 0.3) is 0 Å². The highest BCUT2D eigenvalue weighted by molar-refractivity contribution is 5.63.